The molecule has 0 unspecified atom stereocenters. The lowest BCUT2D eigenvalue weighted by molar-refractivity contribution is 0.0998. The summed E-state index contributed by atoms with van der Waals surface area (Å²) < 4.78 is 1.35. The summed E-state index contributed by atoms with van der Waals surface area (Å²) in [6.07, 6.45) is 3.19. The first-order valence-corrected chi connectivity index (χ1v) is 8.84. The fourth-order valence-electron chi connectivity index (χ4n) is 2.84. The second kappa shape index (κ2) is 5.92. The monoisotopic (exact) mass is 366 g/mol. The van der Waals surface area contributed by atoms with Crippen molar-refractivity contribution in [1.82, 2.24) is 29.9 Å². The SMILES string of the molecule is CSc1nn(-c2ncnc3c2nnc2c(C)cccc23)c(N)c1C(N)=O. The smallest absolute Gasteiger partial charge is 0.255 e. The van der Waals surface area contributed by atoms with Crippen molar-refractivity contribution >= 4 is 45.4 Å². The van der Waals surface area contributed by atoms with E-state index in [0.29, 0.717) is 21.9 Å². The minimum absolute atomic E-state index is 0.105. The average molecular weight is 366 g/mol. The van der Waals surface area contributed by atoms with Crippen LogP contribution in [0.1, 0.15) is 15.9 Å². The lowest BCUT2D eigenvalue weighted by atomic mass is 10.1. The van der Waals surface area contributed by atoms with Crippen molar-refractivity contribution in [2.75, 3.05) is 12.0 Å². The standard InChI is InChI=1S/C16H14N8OS/c1-7-4-3-5-8-10(7)21-22-12-11(8)19-6-20-15(12)24-13(17)9(14(18)25)16(23-24)26-2/h3-6H,17H2,1-2H3,(H2,18,25). The zero-order chi connectivity index (χ0) is 18.4. The van der Waals surface area contributed by atoms with Gasteiger partial charge in [0.1, 0.15) is 28.3 Å². The number of nitrogens with two attached hydrogens (primary N) is 2. The Balaban J connectivity index is 2.06. The molecule has 0 aliphatic carbocycles. The van der Waals surface area contributed by atoms with Crippen molar-refractivity contribution in [3.8, 4) is 5.82 Å². The van der Waals surface area contributed by atoms with Gasteiger partial charge in [-0.15, -0.1) is 22.0 Å². The maximum Gasteiger partial charge on any atom is 0.255 e. The third kappa shape index (κ3) is 2.26. The largest absolute Gasteiger partial charge is 0.383 e. The molecule has 26 heavy (non-hydrogen) atoms. The highest BCUT2D eigenvalue weighted by Gasteiger charge is 2.23. The molecule has 0 atom stereocenters. The summed E-state index contributed by atoms with van der Waals surface area (Å²) >= 11 is 1.27. The highest BCUT2D eigenvalue weighted by atomic mass is 32.2. The van der Waals surface area contributed by atoms with Gasteiger partial charge >= 0.3 is 0 Å². The Labute approximate surface area is 151 Å². The fourth-order valence-corrected chi connectivity index (χ4v) is 3.42. The topological polar surface area (TPSA) is 138 Å². The van der Waals surface area contributed by atoms with Crippen molar-refractivity contribution in [2.24, 2.45) is 5.73 Å². The number of carbonyl (C=O) groups is 1. The molecule has 1 amide bonds. The van der Waals surface area contributed by atoms with Crippen LogP contribution in [0.2, 0.25) is 0 Å². The Hall–Kier alpha value is -3.27. The lowest BCUT2D eigenvalue weighted by Gasteiger charge is -2.08. The van der Waals surface area contributed by atoms with E-state index in [9.17, 15) is 4.79 Å². The van der Waals surface area contributed by atoms with E-state index in [1.807, 2.05) is 25.1 Å². The zero-order valence-electron chi connectivity index (χ0n) is 14.0. The summed E-state index contributed by atoms with van der Waals surface area (Å²) in [6, 6.07) is 5.81. The molecule has 0 saturated heterocycles. The van der Waals surface area contributed by atoms with E-state index in [4.69, 9.17) is 11.5 Å². The summed E-state index contributed by atoms with van der Waals surface area (Å²) in [5, 5.41) is 14.2. The van der Waals surface area contributed by atoms with E-state index in [1.54, 1.807) is 6.26 Å². The Morgan fingerprint density at radius 2 is 1.92 bits per heavy atom. The van der Waals surface area contributed by atoms with E-state index >= 15 is 0 Å². The predicted octanol–water partition coefficient (Wildman–Crippen LogP) is 1.47. The summed E-state index contributed by atoms with van der Waals surface area (Å²) in [4.78, 5) is 20.4. The van der Waals surface area contributed by atoms with Gasteiger partial charge in [0.15, 0.2) is 11.3 Å². The van der Waals surface area contributed by atoms with Gasteiger partial charge in [0.05, 0.1) is 5.52 Å². The van der Waals surface area contributed by atoms with Gasteiger partial charge in [0.25, 0.3) is 5.91 Å². The molecule has 10 heteroatoms. The Kier molecular flexibility index (Phi) is 3.69. The number of aromatic nitrogens is 6. The molecular weight excluding hydrogens is 352 g/mol. The third-order valence-corrected chi connectivity index (χ3v) is 4.75. The number of hydrogen-bond acceptors (Lipinski definition) is 8. The number of thioether (sulfide) groups is 1. The second-order valence-electron chi connectivity index (χ2n) is 5.61. The van der Waals surface area contributed by atoms with Gasteiger partial charge in [0, 0.05) is 5.39 Å². The number of benzene rings is 1. The number of primary amides is 1. The van der Waals surface area contributed by atoms with Crippen molar-refractivity contribution in [3.05, 3.63) is 35.7 Å². The van der Waals surface area contributed by atoms with Crippen molar-refractivity contribution in [3.63, 3.8) is 0 Å². The Morgan fingerprint density at radius 3 is 2.62 bits per heavy atom. The summed E-state index contributed by atoms with van der Waals surface area (Å²) in [5.74, 6) is -0.206. The van der Waals surface area contributed by atoms with Gasteiger partial charge in [-0.2, -0.15) is 9.78 Å². The quantitative estimate of drug-likeness (QED) is 0.410. The molecule has 1 aromatic carbocycles. The molecule has 3 aromatic heterocycles. The molecule has 0 bridgehead atoms. The fraction of sp³-hybridized carbons (Fsp3) is 0.125. The van der Waals surface area contributed by atoms with E-state index in [1.165, 1.54) is 22.8 Å². The van der Waals surface area contributed by atoms with Gasteiger partial charge < -0.3 is 11.5 Å². The van der Waals surface area contributed by atoms with Crippen LogP contribution in [0.15, 0.2) is 29.6 Å². The molecular formula is C16H14N8OS. The lowest BCUT2D eigenvalue weighted by Crippen LogP contribution is -2.14. The van der Waals surface area contributed by atoms with E-state index in [0.717, 1.165) is 16.5 Å². The highest BCUT2D eigenvalue weighted by Crippen LogP contribution is 2.29. The first-order valence-electron chi connectivity index (χ1n) is 7.62. The minimum atomic E-state index is -0.649. The summed E-state index contributed by atoms with van der Waals surface area (Å²) in [7, 11) is 0. The first-order chi connectivity index (χ1) is 12.5. The first kappa shape index (κ1) is 16.2. The number of carbonyl (C=O) groups excluding carboxylic acids is 1. The van der Waals surface area contributed by atoms with E-state index in [-0.39, 0.29) is 11.4 Å². The Bertz CT molecular complexity index is 1190. The van der Waals surface area contributed by atoms with Gasteiger partial charge in [-0.25, -0.2) is 9.97 Å². The van der Waals surface area contributed by atoms with Gasteiger partial charge in [-0.1, -0.05) is 18.2 Å². The van der Waals surface area contributed by atoms with E-state index in [2.05, 4.69) is 25.3 Å². The molecule has 0 aliphatic heterocycles. The number of rotatable bonds is 3. The number of nitrogen functional groups attached to an aromatic ring is 1. The number of fused-ring (bicyclic) bond motifs is 3. The number of aryl methyl sites for hydroxylation is 1. The number of amides is 1. The number of hydrogen-bond donors (Lipinski definition) is 2. The van der Waals surface area contributed by atoms with Crippen LogP contribution < -0.4 is 11.5 Å². The maximum atomic E-state index is 11.7. The van der Waals surface area contributed by atoms with Crippen molar-refractivity contribution in [1.29, 1.82) is 0 Å². The average Bonchev–Trinajstić information content (AvgIpc) is 2.98. The molecule has 3 heterocycles. The van der Waals surface area contributed by atoms with Crippen LogP contribution in [0.25, 0.3) is 27.8 Å². The molecule has 0 saturated carbocycles. The molecule has 0 spiro atoms. The molecule has 9 nitrogen and oxygen atoms in total. The van der Waals surface area contributed by atoms with Crippen molar-refractivity contribution < 1.29 is 4.79 Å². The van der Waals surface area contributed by atoms with Crippen LogP contribution >= 0.6 is 11.8 Å². The van der Waals surface area contributed by atoms with Crippen LogP contribution in [0.3, 0.4) is 0 Å². The summed E-state index contributed by atoms with van der Waals surface area (Å²) in [6.45, 7) is 1.96. The molecule has 0 radical (unpaired) electrons. The van der Waals surface area contributed by atoms with E-state index < -0.39 is 5.91 Å². The van der Waals surface area contributed by atoms with Crippen LogP contribution in [-0.4, -0.2) is 42.1 Å². The van der Waals surface area contributed by atoms with Crippen LogP contribution in [-0.2, 0) is 0 Å². The number of nitrogens with zero attached hydrogens (tertiary/aromatic N) is 6. The third-order valence-electron chi connectivity index (χ3n) is 4.08. The second-order valence-corrected chi connectivity index (χ2v) is 6.41. The van der Waals surface area contributed by atoms with Crippen LogP contribution in [0.4, 0.5) is 5.82 Å². The molecule has 4 aromatic rings. The van der Waals surface area contributed by atoms with Crippen LogP contribution in [0, 0.1) is 6.92 Å². The normalized spacial score (nSPS) is 11.3. The van der Waals surface area contributed by atoms with Gasteiger partial charge in [0.2, 0.25) is 0 Å². The Morgan fingerprint density at radius 1 is 1.15 bits per heavy atom. The highest BCUT2D eigenvalue weighted by molar-refractivity contribution is 7.98. The van der Waals surface area contributed by atoms with Crippen LogP contribution in [0.5, 0.6) is 0 Å². The van der Waals surface area contributed by atoms with Crippen molar-refractivity contribution in [2.45, 2.75) is 11.9 Å². The molecule has 4 rings (SSSR count). The minimum Gasteiger partial charge on any atom is -0.383 e. The molecule has 4 N–H and O–H groups in total. The maximum absolute atomic E-state index is 11.7. The zero-order valence-corrected chi connectivity index (χ0v) is 14.8. The van der Waals surface area contributed by atoms with Gasteiger partial charge in [-0.05, 0) is 18.7 Å². The molecule has 130 valence electrons. The molecule has 0 fully saturated rings. The predicted molar refractivity (Wildman–Crippen MR) is 99.2 cm³/mol. The number of anilines is 1. The van der Waals surface area contributed by atoms with Gasteiger partial charge in [-0.3, -0.25) is 4.79 Å². The molecule has 0 aliphatic rings. The summed E-state index contributed by atoms with van der Waals surface area (Å²) in [5.41, 5.74) is 14.5.